The smallest absolute Gasteiger partial charge is 0.239 e. The Kier molecular flexibility index (Phi) is 6.53. The van der Waals surface area contributed by atoms with Crippen molar-refractivity contribution in [1.29, 1.82) is 0 Å². The number of benzene rings is 1. The van der Waals surface area contributed by atoms with Crippen LogP contribution in [0, 0.1) is 0 Å². The molecule has 3 aliphatic rings. The summed E-state index contributed by atoms with van der Waals surface area (Å²) in [6.07, 6.45) is 8.87. The van der Waals surface area contributed by atoms with Gasteiger partial charge >= 0.3 is 0 Å². The second-order valence-electron chi connectivity index (χ2n) is 8.97. The fourth-order valence-corrected chi connectivity index (χ4v) is 5.08. The zero-order chi connectivity index (χ0) is 20.2. The Morgan fingerprint density at radius 3 is 2.24 bits per heavy atom. The summed E-state index contributed by atoms with van der Waals surface area (Å²) in [6.45, 7) is 6.86. The molecule has 0 saturated carbocycles. The van der Waals surface area contributed by atoms with E-state index in [1.807, 2.05) is 16.7 Å². The molecule has 0 bridgehead atoms. The van der Waals surface area contributed by atoms with Gasteiger partial charge in [-0.05, 0) is 68.6 Å². The third kappa shape index (κ3) is 4.82. The summed E-state index contributed by atoms with van der Waals surface area (Å²) in [5.74, 6) is 0.481. The van der Waals surface area contributed by atoms with Gasteiger partial charge in [-0.3, -0.25) is 14.5 Å². The first kappa shape index (κ1) is 20.4. The average molecular weight is 398 g/mol. The number of carbonyl (C=O) groups is 2. The molecular weight excluding hydrogens is 362 g/mol. The number of piperazine rings is 1. The minimum atomic E-state index is -0.0778. The molecule has 1 aliphatic carbocycles. The number of likely N-dealkylation sites (tertiary alicyclic amines) is 1. The number of rotatable bonds is 4. The highest BCUT2D eigenvalue weighted by molar-refractivity contribution is 5.82. The quantitative estimate of drug-likeness (QED) is 0.785. The molecule has 2 fully saturated rings. The topological polar surface area (TPSA) is 43.9 Å². The molecule has 5 nitrogen and oxygen atoms in total. The van der Waals surface area contributed by atoms with E-state index in [9.17, 15) is 9.59 Å². The van der Waals surface area contributed by atoms with Crippen LogP contribution in [0.2, 0.25) is 0 Å². The second-order valence-corrected chi connectivity index (χ2v) is 8.97. The van der Waals surface area contributed by atoms with E-state index in [0.29, 0.717) is 6.42 Å². The molecule has 1 unspecified atom stereocenters. The van der Waals surface area contributed by atoms with Gasteiger partial charge in [-0.15, -0.1) is 0 Å². The van der Waals surface area contributed by atoms with Gasteiger partial charge < -0.3 is 9.80 Å². The average Bonchev–Trinajstić information content (AvgIpc) is 2.78. The van der Waals surface area contributed by atoms with Gasteiger partial charge in [0.1, 0.15) is 0 Å². The van der Waals surface area contributed by atoms with E-state index in [0.717, 1.165) is 64.1 Å². The third-order valence-electron chi connectivity index (χ3n) is 7.01. The number of nitrogens with zero attached hydrogens (tertiary/aromatic N) is 3. The maximum Gasteiger partial charge on any atom is 0.239 e. The van der Waals surface area contributed by atoms with Crippen molar-refractivity contribution in [3.05, 3.63) is 34.9 Å². The van der Waals surface area contributed by atoms with E-state index < -0.39 is 0 Å². The lowest BCUT2D eigenvalue weighted by atomic mass is 9.90. The van der Waals surface area contributed by atoms with Gasteiger partial charge in [0, 0.05) is 39.3 Å². The van der Waals surface area contributed by atoms with Crippen LogP contribution in [0.3, 0.4) is 0 Å². The minimum Gasteiger partial charge on any atom is -0.341 e. The highest BCUT2D eigenvalue weighted by Crippen LogP contribution is 2.23. The van der Waals surface area contributed by atoms with Crippen molar-refractivity contribution in [3.8, 4) is 0 Å². The van der Waals surface area contributed by atoms with E-state index in [-0.39, 0.29) is 17.9 Å². The van der Waals surface area contributed by atoms with E-state index >= 15 is 0 Å². The fraction of sp³-hybridized carbons (Fsp3) is 0.667. The van der Waals surface area contributed by atoms with Crippen LogP contribution < -0.4 is 0 Å². The van der Waals surface area contributed by atoms with Crippen LogP contribution in [-0.2, 0) is 28.9 Å². The predicted molar refractivity (Wildman–Crippen MR) is 115 cm³/mol. The zero-order valence-corrected chi connectivity index (χ0v) is 17.9. The maximum atomic E-state index is 12.8. The van der Waals surface area contributed by atoms with Crippen molar-refractivity contribution < 1.29 is 9.59 Å². The predicted octanol–water partition coefficient (Wildman–Crippen LogP) is 2.65. The van der Waals surface area contributed by atoms with Gasteiger partial charge in [-0.2, -0.15) is 0 Å². The van der Waals surface area contributed by atoms with Gasteiger partial charge in [0.2, 0.25) is 11.8 Å². The molecule has 158 valence electrons. The largest absolute Gasteiger partial charge is 0.341 e. The number of carbonyl (C=O) groups excluding carboxylic acids is 2. The van der Waals surface area contributed by atoms with Crippen LogP contribution in [0.1, 0.15) is 55.7 Å². The van der Waals surface area contributed by atoms with Crippen molar-refractivity contribution in [2.45, 2.75) is 64.3 Å². The summed E-state index contributed by atoms with van der Waals surface area (Å²) in [7, 11) is 0. The SMILES string of the molecule is CC(C(=O)N1CCCCC1)N1CCN(C(=O)Cc2ccc3c(c2)CCCC3)CC1. The molecule has 2 amide bonds. The van der Waals surface area contributed by atoms with Gasteiger partial charge in [0.15, 0.2) is 0 Å². The molecule has 0 aromatic heterocycles. The van der Waals surface area contributed by atoms with Crippen LogP contribution in [0.15, 0.2) is 18.2 Å². The highest BCUT2D eigenvalue weighted by atomic mass is 16.2. The van der Waals surface area contributed by atoms with E-state index in [4.69, 9.17) is 0 Å². The van der Waals surface area contributed by atoms with Crippen molar-refractivity contribution >= 4 is 11.8 Å². The number of hydrogen-bond donors (Lipinski definition) is 0. The summed E-state index contributed by atoms with van der Waals surface area (Å²) in [6, 6.07) is 6.54. The molecule has 0 radical (unpaired) electrons. The van der Waals surface area contributed by atoms with E-state index in [2.05, 4.69) is 23.1 Å². The molecule has 2 aliphatic heterocycles. The first-order chi connectivity index (χ1) is 14.1. The Bertz CT molecular complexity index is 734. The Balaban J connectivity index is 1.27. The monoisotopic (exact) mass is 397 g/mol. The summed E-state index contributed by atoms with van der Waals surface area (Å²) in [4.78, 5) is 31.9. The molecule has 1 atom stereocenters. The maximum absolute atomic E-state index is 12.8. The molecule has 0 N–H and O–H groups in total. The van der Waals surface area contributed by atoms with E-state index in [1.165, 1.54) is 36.8 Å². The number of piperidine rings is 1. The van der Waals surface area contributed by atoms with Crippen molar-refractivity contribution in [3.63, 3.8) is 0 Å². The minimum absolute atomic E-state index is 0.0778. The molecule has 29 heavy (non-hydrogen) atoms. The molecule has 5 heteroatoms. The Hall–Kier alpha value is -1.88. The van der Waals surface area contributed by atoms with Crippen LogP contribution in [0.25, 0.3) is 0 Å². The normalized spacial score (nSPS) is 21.6. The summed E-state index contributed by atoms with van der Waals surface area (Å²) < 4.78 is 0. The van der Waals surface area contributed by atoms with Crippen LogP contribution in [-0.4, -0.2) is 71.8 Å². The highest BCUT2D eigenvalue weighted by Gasteiger charge is 2.30. The molecular formula is C24H35N3O2. The molecule has 1 aromatic carbocycles. The van der Waals surface area contributed by atoms with Crippen molar-refractivity contribution in [2.24, 2.45) is 0 Å². The fourth-order valence-electron chi connectivity index (χ4n) is 5.08. The van der Waals surface area contributed by atoms with Gasteiger partial charge in [-0.1, -0.05) is 18.2 Å². The van der Waals surface area contributed by atoms with Gasteiger partial charge in [0.05, 0.1) is 12.5 Å². The Labute approximate surface area is 175 Å². The summed E-state index contributed by atoms with van der Waals surface area (Å²) in [5.41, 5.74) is 4.05. The lowest BCUT2D eigenvalue weighted by Gasteiger charge is -2.39. The molecule has 2 saturated heterocycles. The second kappa shape index (κ2) is 9.29. The standard InChI is InChI=1S/C24H35N3O2/c1-19(24(29)27-11-5-2-6-12-27)25-13-15-26(16-14-25)23(28)18-20-9-10-21-7-3-4-8-22(21)17-20/h9-10,17,19H,2-8,11-16,18H2,1H3. The third-order valence-corrected chi connectivity index (χ3v) is 7.01. The first-order valence-corrected chi connectivity index (χ1v) is 11.5. The zero-order valence-electron chi connectivity index (χ0n) is 17.9. The van der Waals surface area contributed by atoms with Crippen LogP contribution in [0.5, 0.6) is 0 Å². The van der Waals surface area contributed by atoms with Gasteiger partial charge in [0.25, 0.3) is 0 Å². The molecule has 2 heterocycles. The Morgan fingerprint density at radius 1 is 0.828 bits per heavy atom. The molecule has 1 aromatic rings. The molecule has 4 rings (SSSR count). The van der Waals surface area contributed by atoms with Gasteiger partial charge in [-0.25, -0.2) is 0 Å². The van der Waals surface area contributed by atoms with Crippen molar-refractivity contribution in [1.82, 2.24) is 14.7 Å². The van der Waals surface area contributed by atoms with Crippen LogP contribution in [0.4, 0.5) is 0 Å². The summed E-state index contributed by atoms with van der Waals surface area (Å²) >= 11 is 0. The lowest BCUT2D eigenvalue weighted by molar-refractivity contribution is -0.139. The molecule has 0 spiro atoms. The lowest BCUT2D eigenvalue weighted by Crippen LogP contribution is -2.56. The van der Waals surface area contributed by atoms with Crippen LogP contribution >= 0.6 is 0 Å². The number of hydrogen-bond acceptors (Lipinski definition) is 3. The summed E-state index contributed by atoms with van der Waals surface area (Å²) in [5, 5.41) is 0. The van der Waals surface area contributed by atoms with E-state index in [1.54, 1.807) is 0 Å². The van der Waals surface area contributed by atoms with Crippen molar-refractivity contribution in [2.75, 3.05) is 39.3 Å². The first-order valence-electron chi connectivity index (χ1n) is 11.5. The number of amides is 2. The Morgan fingerprint density at radius 2 is 1.52 bits per heavy atom. The number of aryl methyl sites for hydroxylation is 2. The number of fused-ring (bicyclic) bond motifs is 1.